The first-order valence-corrected chi connectivity index (χ1v) is 8.25. The van der Waals surface area contributed by atoms with Crippen molar-refractivity contribution in [3.63, 3.8) is 0 Å². The lowest BCUT2D eigenvalue weighted by Crippen LogP contribution is -2.47. The monoisotopic (exact) mass is 326 g/mol. The van der Waals surface area contributed by atoms with Crippen LogP contribution in [0.5, 0.6) is 0 Å². The van der Waals surface area contributed by atoms with Gasteiger partial charge in [-0.3, -0.25) is 4.79 Å². The summed E-state index contributed by atoms with van der Waals surface area (Å²) in [6.45, 7) is 5.95. The fourth-order valence-corrected chi connectivity index (χ4v) is 3.43. The van der Waals surface area contributed by atoms with Gasteiger partial charge in [0.2, 0.25) is 0 Å². The zero-order valence-corrected chi connectivity index (χ0v) is 13.9. The van der Waals surface area contributed by atoms with Crippen LogP contribution in [0, 0.1) is 0 Å². The van der Waals surface area contributed by atoms with Gasteiger partial charge in [-0.05, 0) is 39.9 Å². The van der Waals surface area contributed by atoms with Gasteiger partial charge in [0.15, 0.2) is 5.82 Å². The first-order valence-electron chi connectivity index (χ1n) is 7.88. The summed E-state index contributed by atoms with van der Waals surface area (Å²) in [6.07, 6.45) is 3.62. The number of morpholine rings is 1. The van der Waals surface area contributed by atoms with Crippen molar-refractivity contribution in [2.45, 2.75) is 31.8 Å². The molecule has 6 nitrogen and oxygen atoms in total. The van der Waals surface area contributed by atoms with Crippen LogP contribution in [-0.4, -0.2) is 60.4 Å². The molecule has 1 unspecified atom stereocenters. The van der Waals surface area contributed by atoms with Gasteiger partial charge in [-0.15, -0.1) is 0 Å². The van der Waals surface area contributed by atoms with Crippen molar-refractivity contribution >= 4 is 17.4 Å². The molecule has 22 heavy (non-hydrogen) atoms. The lowest BCUT2D eigenvalue weighted by molar-refractivity contribution is 0.0982. The molecular weight excluding hydrogens is 304 g/mol. The molecule has 2 fully saturated rings. The standard InChI is InChI=1S/C15H23ClN4O2/c1-11-10-22-8-7-19(11)14-15(21)20(9-13(16)17-14)12-3-5-18(2)6-4-12/h9,11-12H,3-8,10H2,1-2H3. The lowest BCUT2D eigenvalue weighted by atomic mass is 10.1. The van der Waals surface area contributed by atoms with Crippen molar-refractivity contribution < 1.29 is 4.74 Å². The second kappa shape index (κ2) is 6.56. The van der Waals surface area contributed by atoms with E-state index in [1.165, 1.54) is 0 Å². The van der Waals surface area contributed by atoms with Gasteiger partial charge in [-0.25, -0.2) is 4.98 Å². The molecular formula is C15H23ClN4O2. The van der Waals surface area contributed by atoms with E-state index in [0.29, 0.717) is 30.7 Å². The van der Waals surface area contributed by atoms with E-state index in [1.54, 1.807) is 10.8 Å². The van der Waals surface area contributed by atoms with Crippen LogP contribution < -0.4 is 10.5 Å². The molecule has 2 saturated heterocycles. The molecule has 3 rings (SSSR count). The SMILES string of the molecule is CC1COCCN1c1nc(Cl)cn(C2CCN(C)CC2)c1=O. The first kappa shape index (κ1) is 15.8. The summed E-state index contributed by atoms with van der Waals surface area (Å²) in [5.41, 5.74) is -0.0345. The third-order valence-corrected chi connectivity index (χ3v) is 4.79. The molecule has 3 heterocycles. The normalized spacial score (nSPS) is 24.7. The van der Waals surface area contributed by atoms with Crippen LogP contribution in [0.2, 0.25) is 5.15 Å². The Kier molecular flexibility index (Phi) is 4.70. The van der Waals surface area contributed by atoms with E-state index >= 15 is 0 Å². The highest BCUT2D eigenvalue weighted by atomic mass is 35.5. The molecule has 0 spiro atoms. The third-order valence-electron chi connectivity index (χ3n) is 4.61. The summed E-state index contributed by atoms with van der Waals surface area (Å²) in [7, 11) is 2.11. The van der Waals surface area contributed by atoms with Crippen LogP contribution in [0.4, 0.5) is 5.82 Å². The highest BCUT2D eigenvalue weighted by Crippen LogP contribution is 2.23. The smallest absolute Gasteiger partial charge is 0.293 e. The Morgan fingerprint density at radius 3 is 2.73 bits per heavy atom. The zero-order valence-electron chi connectivity index (χ0n) is 13.2. The molecule has 0 saturated carbocycles. The number of rotatable bonds is 2. The second-order valence-corrected chi connectivity index (χ2v) is 6.64. The summed E-state index contributed by atoms with van der Waals surface area (Å²) in [5, 5.41) is 0.382. The number of likely N-dealkylation sites (tertiary alicyclic amines) is 1. The predicted octanol–water partition coefficient (Wildman–Crippen LogP) is 1.39. The molecule has 0 radical (unpaired) electrons. The maximum atomic E-state index is 12.9. The quantitative estimate of drug-likeness (QED) is 0.822. The van der Waals surface area contributed by atoms with E-state index in [0.717, 1.165) is 25.9 Å². The Hall–Kier alpha value is -1.11. The highest BCUT2D eigenvalue weighted by molar-refractivity contribution is 6.29. The van der Waals surface area contributed by atoms with Gasteiger partial charge >= 0.3 is 0 Å². The molecule has 1 aromatic rings. The van der Waals surface area contributed by atoms with Crippen molar-refractivity contribution in [1.29, 1.82) is 0 Å². The summed E-state index contributed by atoms with van der Waals surface area (Å²) in [4.78, 5) is 21.5. The van der Waals surface area contributed by atoms with Crippen molar-refractivity contribution in [3.8, 4) is 0 Å². The molecule has 7 heteroatoms. The number of nitrogens with zero attached hydrogens (tertiary/aromatic N) is 4. The largest absolute Gasteiger partial charge is 0.377 e. The zero-order chi connectivity index (χ0) is 15.7. The van der Waals surface area contributed by atoms with Gasteiger partial charge in [-0.2, -0.15) is 0 Å². The van der Waals surface area contributed by atoms with E-state index in [9.17, 15) is 4.79 Å². The van der Waals surface area contributed by atoms with Gasteiger partial charge in [0.1, 0.15) is 5.15 Å². The fourth-order valence-electron chi connectivity index (χ4n) is 3.24. The number of hydrogen-bond donors (Lipinski definition) is 0. The lowest BCUT2D eigenvalue weighted by Gasteiger charge is -2.35. The molecule has 0 aliphatic carbocycles. The fraction of sp³-hybridized carbons (Fsp3) is 0.733. The molecule has 1 atom stereocenters. The Labute approximate surface area is 135 Å². The Morgan fingerprint density at radius 2 is 2.05 bits per heavy atom. The van der Waals surface area contributed by atoms with Crippen molar-refractivity contribution in [1.82, 2.24) is 14.5 Å². The average molecular weight is 327 g/mol. The minimum atomic E-state index is -0.0345. The van der Waals surface area contributed by atoms with Crippen molar-refractivity contribution in [2.24, 2.45) is 0 Å². The van der Waals surface area contributed by atoms with Crippen molar-refractivity contribution in [3.05, 3.63) is 21.7 Å². The van der Waals surface area contributed by atoms with E-state index in [-0.39, 0.29) is 17.6 Å². The van der Waals surface area contributed by atoms with Gasteiger partial charge < -0.3 is 19.1 Å². The van der Waals surface area contributed by atoms with E-state index in [1.807, 2.05) is 11.8 Å². The average Bonchev–Trinajstić information content (AvgIpc) is 2.51. The Morgan fingerprint density at radius 1 is 1.32 bits per heavy atom. The van der Waals surface area contributed by atoms with Crippen LogP contribution in [0.15, 0.2) is 11.0 Å². The topological polar surface area (TPSA) is 50.6 Å². The van der Waals surface area contributed by atoms with Gasteiger partial charge in [0.05, 0.1) is 19.3 Å². The summed E-state index contributed by atoms with van der Waals surface area (Å²) in [5.74, 6) is 0.460. The molecule has 0 bridgehead atoms. The van der Waals surface area contributed by atoms with E-state index < -0.39 is 0 Å². The van der Waals surface area contributed by atoms with Crippen molar-refractivity contribution in [2.75, 3.05) is 44.8 Å². The Bertz CT molecular complexity index is 583. The first-order chi connectivity index (χ1) is 10.6. The van der Waals surface area contributed by atoms with Crippen LogP contribution >= 0.6 is 11.6 Å². The predicted molar refractivity (Wildman–Crippen MR) is 86.9 cm³/mol. The number of ether oxygens (including phenoxy) is 1. The number of anilines is 1. The maximum absolute atomic E-state index is 12.9. The van der Waals surface area contributed by atoms with Crippen LogP contribution in [0.1, 0.15) is 25.8 Å². The van der Waals surface area contributed by atoms with Crippen LogP contribution in [-0.2, 0) is 4.74 Å². The minimum Gasteiger partial charge on any atom is -0.377 e. The molecule has 122 valence electrons. The maximum Gasteiger partial charge on any atom is 0.293 e. The van der Waals surface area contributed by atoms with E-state index in [4.69, 9.17) is 16.3 Å². The molecule has 1 aromatic heterocycles. The minimum absolute atomic E-state index is 0.0345. The van der Waals surface area contributed by atoms with E-state index in [2.05, 4.69) is 16.9 Å². The number of piperidine rings is 1. The molecule has 0 N–H and O–H groups in total. The number of hydrogen-bond acceptors (Lipinski definition) is 5. The molecule has 0 amide bonds. The Balaban J connectivity index is 1.93. The van der Waals surface area contributed by atoms with Gasteiger partial charge in [-0.1, -0.05) is 11.6 Å². The molecule has 2 aliphatic heterocycles. The summed E-state index contributed by atoms with van der Waals surface area (Å²) in [6, 6.07) is 0.345. The number of halogens is 1. The molecule has 0 aromatic carbocycles. The van der Waals surface area contributed by atoms with Crippen LogP contribution in [0.3, 0.4) is 0 Å². The van der Waals surface area contributed by atoms with Crippen LogP contribution in [0.25, 0.3) is 0 Å². The summed E-state index contributed by atoms with van der Waals surface area (Å²) < 4.78 is 7.24. The third kappa shape index (κ3) is 3.14. The van der Waals surface area contributed by atoms with Gasteiger partial charge in [0.25, 0.3) is 5.56 Å². The number of aromatic nitrogens is 2. The molecule has 2 aliphatic rings. The van der Waals surface area contributed by atoms with Gasteiger partial charge in [0, 0.05) is 18.8 Å². The second-order valence-electron chi connectivity index (χ2n) is 6.25. The highest BCUT2D eigenvalue weighted by Gasteiger charge is 2.26. The summed E-state index contributed by atoms with van der Waals surface area (Å²) >= 11 is 6.20.